The van der Waals surface area contributed by atoms with Gasteiger partial charge in [-0.1, -0.05) is 0 Å². The minimum absolute atomic E-state index is 0.0977. The van der Waals surface area contributed by atoms with Gasteiger partial charge >= 0.3 is 21.6 Å². The second-order valence-electron chi connectivity index (χ2n) is 4.04. The fourth-order valence-electron chi connectivity index (χ4n) is 1.57. The molecule has 0 aromatic carbocycles. The Morgan fingerprint density at radius 2 is 2.00 bits per heavy atom. The van der Waals surface area contributed by atoms with Gasteiger partial charge in [-0.2, -0.15) is 21.6 Å². The van der Waals surface area contributed by atoms with E-state index in [0.29, 0.717) is 0 Å². The molecule has 11 heteroatoms. The molecular formula is C9H13F3O7S. The van der Waals surface area contributed by atoms with Gasteiger partial charge in [0.1, 0.15) is 12.2 Å². The van der Waals surface area contributed by atoms with E-state index in [4.69, 9.17) is 9.47 Å². The van der Waals surface area contributed by atoms with Gasteiger partial charge in [0.05, 0.1) is 6.61 Å². The van der Waals surface area contributed by atoms with Crippen LogP contribution in [-0.2, 0) is 28.6 Å². The highest BCUT2D eigenvalue weighted by Gasteiger charge is 2.48. The molecule has 3 atom stereocenters. The molecule has 1 heterocycles. The van der Waals surface area contributed by atoms with E-state index in [0.717, 1.165) is 6.92 Å². The summed E-state index contributed by atoms with van der Waals surface area (Å²) in [5.74, 6) is -0.710. The van der Waals surface area contributed by atoms with E-state index in [1.54, 1.807) is 0 Å². The number of alkyl halides is 3. The highest BCUT2D eigenvalue weighted by molar-refractivity contribution is 7.87. The number of rotatable bonds is 4. The van der Waals surface area contributed by atoms with Crippen molar-refractivity contribution in [2.24, 2.45) is 0 Å². The number of carbonyl (C=O) groups excluding carboxylic acids is 1. The summed E-state index contributed by atoms with van der Waals surface area (Å²) in [7, 11) is -5.77. The maximum absolute atomic E-state index is 12.1. The van der Waals surface area contributed by atoms with Gasteiger partial charge in [0.2, 0.25) is 0 Å². The first kappa shape index (κ1) is 17.1. The van der Waals surface area contributed by atoms with Crippen LogP contribution in [0.2, 0.25) is 0 Å². The summed E-state index contributed by atoms with van der Waals surface area (Å²) in [4.78, 5) is 10.8. The lowest BCUT2D eigenvalue weighted by molar-refractivity contribution is -0.216. The summed E-state index contributed by atoms with van der Waals surface area (Å²) in [5, 5.41) is 9.23. The Kier molecular flexibility index (Phi) is 5.35. The van der Waals surface area contributed by atoms with Gasteiger partial charge in [0.15, 0.2) is 6.29 Å². The minimum Gasteiger partial charge on any atom is -0.460 e. The largest absolute Gasteiger partial charge is 0.523 e. The highest BCUT2D eigenvalue weighted by atomic mass is 32.2. The standard InChI is InChI=1S/C9H13F3O7S/c1-5(13)18-6-2-3-8(14)19-7(6)4-17-20(15,16)9(10,11)12/h6-8,14H,2-4H2,1H3/t6-,7+,8-/m0/s1. The van der Waals surface area contributed by atoms with Crippen LogP contribution in [0.5, 0.6) is 0 Å². The summed E-state index contributed by atoms with van der Waals surface area (Å²) >= 11 is 0. The molecule has 0 aromatic heterocycles. The first-order valence-electron chi connectivity index (χ1n) is 5.49. The van der Waals surface area contributed by atoms with Crippen molar-refractivity contribution in [1.82, 2.24) is 0 Å². The number of halogens is 3. The Hall–Kier alpha value is -0.910. The molecule has 0 aliphatic carbocycles. The van der Waals surface area contributed by atoms with Gasteiger partial charge in [0, 0.05) is 13.3 Å². The van der Waals surface area contributed by atoms with Crippen molar-refractivity contribution in [1.29, 1.82) is 0 Å². The average Bonchev–Trinajstić information content (AvgIpc) is 2.27. The number of hydrogen-bond acceptors (Lipinski definition) is 7. The third-order valence-electron chi connectivity index (χ3n) is 2.43. The topological polar surface area (TPSA) is 99.1 Å². The SMILES string of the molecule is CC(=O)O[C@H]1CC[C@@H](O)O[C@@H]1COS(=O)(=O)C(F)(F)F. The van der Waals surface area contributed by atoms with Crippen molar-refractivity contribution >= 4 is 16.1 Å². The van der Waals surface area contributed by atoms with Gasteiger partial charge in [-0.05, 0) is 6.42 Å². The van der Waals surface area contributed by atoms with E-state index >= 15 is 0 Å². The van der Waals surface area contributed by atoms with Gasteiger partial charge in [0.25, 0.3) is 0 Å². The first-order chi connectivity index (χ1) is 9.03. The van der Waals surface area contributed by atoms with E-state index in [1.807, 2.05) is 0 Å². The molecule has 118 valence electrons. The molecule has 1 saturated heterocycles. The lowest BCUT2D eigenvalue weighted by Gasteiger charge is -2.33. The van der Waals surface area contributed by atoms with E-state index in [9.17, 15) is 31.5 Å². The van der Waals surface area contributed by atoms with E-state index in [1.165, 1.54) is 0 Å². The highest BCUT2D eigenvalue weighted by Crippen LogP contribution is 2.27. The van der Waals surface area contributed by atoms with Crippen LogP contribution in [0.15, 0.2) is 0 Å². The number of ether oxygens (including phenoxy) is 2. The van der Waals surface area contributed by atoms with Crippen LogP contribution in [0, 0.1) is 0 Å². The van der Waals surface area contributed by atoms with Crippen molar-refractivity contribution in [3.05, 3.63) is 0 Å². The summed E-state index contributed by atoms with van der Waals surface area (Å²) < 4.78 is 71.1. The number of hydrogen-bond donors (Lipinski definition) is 1. The molecule has 0 spiro atoms. The van der Waals surface area contributed by atoms with Crippen molar-refractivity contribution in [3.63, 3.8) is 0 Å². The monoisotopic (exact) mass is 322 g/mol. The van der Waals surface area contributed by atoms with Gasteiger partial charge < -0.3 is 14.6 Å². The first-order valence-corrected chi connectivity index (χ1v) is 6.90. The zero-order chi connectivity index (χ0) is 15.6. The van der Waals surface area contributed by atoms with Gasteiger partial charge in [-0.3, -0.25) is 8.98 Å². The molecule has 0 bridgehead atoms. The molecule has 7 nitrogen and oxygen atoms in total. The van der Waals surface area contributed by atoms with Crippen LogP contribution in [0.4, 0.5) is 13.2 Å². The number of aliphatic hydroxyl groups is 1. The normalized spacial score (nSPS) is 28.1. The lowest BCUT2D eigenvalue weighted by Crippen LogP contribution is -2.45. The Morgan fingerprint density at radius 3 is 2.50 bits per heavy atom. The van der Waals surface area contributed by atoms with Crippen molar-refractivity contribution in [2.45, 2.75) is 43.8 Å². The quantitative estimate of drug-likeness (QED) is 0.451. The lowest BCUT2D eigenvalue weighted by atomic mass is 10.1. The second-order valence-corrected chi connectivity index (χ2v) is 5.65. The van der Waals surface area contributed by atoms with Gasteiger partial charge in [-0.15, -0.1) is 0 Å². The smallest absolute Gasteiger partial charge is 0.460 e. The van der Waals surface area contributed by atoms with Crippen molar-refractivity contribution < 1.29 is 45.1 Å². The Bertz CT molecular complexity index is 447. The van der Waals surface area contributed by atoms with Crippen LogP contribution in [0.1, 0.15) is 19.8 Å². The summed E-state index contributed by atoms with van der Waals surface area (Å²) in [6, 6.07) is 0. The van der Waals surface area contributed by atoms with Crippen molar-refractivity contribution in [2.75, 3.05) is 6.61 Å². The molecule has 0 saturated carbocycles. The van der Waals surface area contributed by atoms with Crippen molar-refractivity contribution in [3.8, 4) is 0 Å². The molecule has 1 aliphatic rings. The minimum atomic E-state index is -5.77. The summed E-state index contributed by atoms with van der Waals surface area (Å²) in [6.07, 6.45) is -3.37. The van der Waals surface area contributed by atoms with Crippen LogP contribution >= 0.6 is 0 Å². The zero-order valence-electron chi connectivity index (χ0n) is 10.3. The fraction of sp³-hybridized carbons (Fsp3) is 0.889. The maximum Gasteiger partial charge on any atom is 0.523 e. The van der Waals surface area contributed by atoms with Crippen LogP contribution < -0.4 is 0 Å². The third-order valence-corrected chi connectivity index (χ3v) is 3.45. The van der Waals surface area contributed by atoms with Crippen LogP contribution in [-0.4, -0.2) is 50.1 Å². The predicted molar refractivity (Wildman–Crippen MR) is 56.6 cm³/mol. The van der Waals surface area contributed by atoms with Crippen LogP contribution in [0.25, 0.3) is 0 Å². The molecule has 0 radical (unpaired) electrons. The molecule has 1 N–H and O–H groups in total. The Balaban J connectivity index is 2.69. The third kappa shape index (κ3) is 4.58. The molecule has 20 heavy (non-hydrogen) atoms. The summed E-state index contributed by atoms with van der Waals surface area (Å²) in [5.41, 5.74) is -5.56. The maximum atomic E-state index is 12.1. The van der Waals surface area contributed by atoms with Crippen LogP contribution in [0.3, 0.4) is 0 Å². The number of carbonyl (C=O) groups is 1. The molecular weight excluding hydrogens is 309 g/mol. The average molecular weight is 322 g/mol. The molecule has 1 aliphatic heterocycles. The molecule has 1 fully saturated rings. The second kappa shape index (κ2) is 6.24. The molecule has 1 rings (SSSR count). The number of esters is 1. The van der Waals surface area contributed by atoms with E-state index < -0.39 is 46.7 Å². The molecule has 0 unspecified atom stereocenters. The Labute approximate surface area is 112 Å². The predicted octanol–water partition coefficient (Wildman–Crippen LogP) is 0.282. The van der Waals surface area contributed by atoms with E-state index in [2.05, 4.69) is 4.18 Å². The zero-order valence-corrected chi connectivity index (χ0v) is 11.1. The summed E-state index contributed by atoms with van der Waals surface area (Å²) in [6.45, 7) is 0.0618. The van der Waals surface area contributed by atoms with Gasteiger partial charge in [-0.25, -0.2) is 0 Å². The van der Waals surface area contributed by atoms with E-state index in [-0.39, 0.29) is 12.8 Å². The molecule has 0 aromatic rings. The molecule has 0 amide bonds. The Morgan fingerprint density at radius 1 is 1.40 bits per heavy atom. The number of aliphatic hydroxyl groups excluding tert-OH is 1. The fourth-order valence-corrected chi connectivity index (χ4v) is 2.02.